The van der Waals surface area contributed by atoms with Gasteiger partial charge < -0.3 is 10.7 Å². The van der Waals surface area contributed by atoms with Gasteiger partial charge in [-0.2, -0.15) is 0 Å². The van der Waals surface area contributed by atoms with Crippen LogP contribution >= 0.6 is 27.5 Å². The van der Waals surface area contributed by atoms with Gasteiger partial charge in [-0.1, -0.05) is 11.6 Å². The number of nitrogen functional groups attached to an aromatic ring is 1. The molecule has 2 aromatic rings. The number of amides is 1. The SMILES string of the molecule is NNc1ncc(Br)cc1C(=O)Nc1ccc(Cl)cn1. The zero-order valence-corrected chi connectivity index (χ0v) is 11.9. The quantitative estimate of drug-likeness (QED) is 0.588. The average molecular weight is 343 g/mol. The predicted octanol–water partition coefficient (Wildman–Crippen LogP) is 2.43. The molecular weight excluding hydrogens is 334 g/mol. The molecule has 0 radical (unpaired) electrons. The molecule has 0 unspecified atom stereocenters. The van der Waals surface area contributed by atoms with E-state index in [1.807, 2.05) is 0 Å². The molecule has 8 heteroatoms. The fourth-order valence-electron chi connectivity index (χ4n) is 1.36. The number of hydrogen-bond acceptors (Lipinski definition) is 5. The lowest BCUT2D eigenvalue weighted by Crippen LogP contribution is -2.18. The number of anilines is 2. The molecule has 0 saturated heterocycles. The zero-order valence-electron chi connectivity index (χ0n) is 9.52. The summed E-state index contributed by atoms with van der Waals surface area (Å²) in [5.74, 6) is 5.59. The lowest BCUT2D eigenvalue weighted by molar-refractivity contribution is 0.102. The van der Waals surface area contributed by atoms with E-state index in [0.717, 1.165) is 0 Å². The van der Waals surface area contributed by atoms with Crippen LogP contribution < -0.4 is 16.6 Å². The van der Waals surface area contributed by atoms with Crippen LogP contribution in [0.25, 0.3) is 0 Å². The Morgan fingerprint density at radius 2 is 2.11 bits per heavy atom. The van der Waals surface area contributed by atoms with Crippen LogP contribution in [0.2, 0.25) is 5.02 Å². The van der Waals surface area contributed by atoms with Gasteiger partial charge in [-0.15, -0.1) is 0 Å². The van der Waals surface area contributed by atoms with Crippen molar-refractivity contribution in [2.75, 3.05) is 10.7 Å². The number of nitrogens with two attached hydrogens (primary N) is 1. The van der Waals surface area contributed by atoms with Gasteiger partial charge in [0.15, 0.2) is 5.82 Å². The average Bonchev–Trinajstić information content (AvgIpc) is 2.41. The summed E-state index contributed by atoms with van der Waals surface area (Å²) in [4.78, 5) is 20.1. The number of carbonyl (C=O) groups excluding carboxylic acids is 1. The van der Waals surface area contributed by atoms with Crippen LogP contribution in [0, 0.1) is 0 Å². The molecule has 0 saturated carbocycles. The van der Waals surface area contributed by atoms with E-state index in [1.165, 1.54) is 12.4 Å². The Morgan fingerprint density at radius 3 is 2.74 bits per heavy atom. The second-order valence-electron chi connectivity index (χ2n) is 3.51. The van der Waals surface area contributed by atoms with Crippen molar-refractivity contribution in [3.63, 3.8) is 0 Å². The van der Waals surface area contributed by atoms with Gasteiger partial charge in [-0.3, -0.25) is 4.79 Å². The first kappa shape index (κ1) is 13.7. The topological polar surface area (TPSA) is 92.9 Å². The van der Waals surface area contributed by atoms with E-state index in [1.54, 1.807) is 18.2 Å². The maximum absolute atomic E-state index is 12.1. The Kier molecular flexibility index (Phi) is 4.31. The number of halogens is 2. The van der Waals surface area contributed by atoms with E-state index in [2.05, 4.69) is 36.6 Å². The van der Waals surface area contributed by atoms with Crippen molar-refractivity contribution < 1.29 is 4.79 Å². The Bertz CT molecular complexity index is 605. The molecule has 2 heterocycles. The molecule has 0 aliphatic carbocycles. The van der Waals surface area contributed by atoms with Crippen molar-refractivity contribution in [3.05, 3.63) is 45.7 Å². The summed E-state index contributed by atoms with van der Waals surface area (Å²) in [6, 6.07) is 4.83. The highest BCUT2D eigenvalue weighted by molar-refractivity contribution is 9.10. The molecule has 0 bridgehead atoms. The molecule has 19 heavy (non-hydrogen) atoms. The number of nitrogens with zero attached hydrogens (tertiary/aromatic N) is 2. The number of hydrogen-bond donors (Lipinski definition) is 3. The summed E-state index contributed by atoms with van der Waals surface area (Å²) < 4.78 is 0.667. The highest BCUT2D eigenvalue weighted by Gasteiger charge is 2.13. The highest BCUT2D eigenvalue weighted by Crippen LogP contribution is 2.19. The zero-order chi connectivity index (χ0) is 13.8. The summed E-state index contributed by atoms with van der Waals surface area (Å²) >= 11 is 8.96. The van der Waals surface area contributed by atoms with Gasteiger partial charge in [0.25, 0.3) is 5.91 Å². The Labute approximate surface area is 122 Å². The van der Waals surface area contributed by atoms with Gasteiger partial charge in [0.1, 0.15) is 5.82 Å². The van der Waals surface area contributed by atoms with Gasteiger partial charge in [-0.05, 0) is 34.1 Å². The summed E-state index contributed by atoms with van der Waals surface area (Å²) in [7, 11) is 0. The Hall–Kier alpha value is -1.70. The third-order valence-corrected chi connectivity index (χ3v) is 2.86. The molecule has 0 aliphatic heterocycles. The molecule has 1 amide bonds. The van der Waals surface area contributed by atoms with Crippen LogP contribution in [0.4, 0.5) is 11.6 Å². The van der Waals surface area contributed by atoms with Gasteiger partial charge in [0.2, 0.25) is 0 Å². The minimum Gasteiger partial charge on any atom is -0.308 e. The maximum atomic E-state index is 12.1. The predicted molar refractivity (Wildman–Crippen MR) is 76.9 cm³/mol. The molecule has 0 fully saturated rings. The number of carbonyl (C=O) groups is 1. The summed E-state index contributed by atoms with van der Waals surface area (Å²) in [5, 5.41) is 3.11. The molecule has 6 nitrogen and oxygen atoms in total. The van der Waals surface area contributed by atoms with Gasteiger partial charge in [0, 0.05) is 16.9 Å². The van der Waals surface area contributed by atoms with Gasteiger partial charge in [0.05, 0.1) is 10.6 Å². The van der Waals surface area contributed by atoms with E-state index in [0.29, 0.717) is 20.9 Å². The Morgan fingerprint density at radius 1 is 1.32 bits per heavy atom. The molecule has 0 aromatic carbocycles. The molecule has 0 spiro atoms. The summed E-state index contributed by atoms with van der Waals surface area (Å²) in [6.45, 7) is 0. The maximum Gasteiger partial charge on any atom is 0.260 e. The standard InChI is InChI=1S/C11H9BrClN5O/c12-6-3-8(10(18-14)16-4-6)11(19)17-9-2-1-7(13)5-15-9/h1-5H,14H2,(H,16,18)(H,15,17,19). The number of aromatic nitrogens is 2. The number of rotatable bonds is 3. The summed E-state index contributed by atoms with van der Waals surface area (Å²) in [6.07, 6.45) is 2.98. The molecule has 0 aliphatic rings. The molecule has 4 N–H and O–H groups in total. The first-order chi connectivity index (χ1) is 9.10. The third-order valence-electron chi connectivity index (χ3n) is 2.20. The van der Waals surface area contributed by atoms with Crippen molar-refractivity contribution >= 4 is 45.1 Å². The third kappa shape index (κ3) is 3.40. The van der Waals surface area contributed by atoms with E-state index < -0.39 is 0 Å². The number of pyridine rings is 2. The molecular formula is C11H9BrClN5O. The monoisotopic (exact) mass is 341 g/mol. The second kappa shape index (κ2) is 5.96. The summed E-state index contributed by atoms with van der Waals surface area (Å²) in [5.41, 5.74) is 2.66. The van der Waals surface area contributed by atoms with E-state index in [9.17, 15) is 4.79 Å². The first-order valence-electron chi connectivity index (χ1n) is 5.15. The van der Waals surface area contributed by atoms with Crippen LogP contribution in [0.15, 0.2) is 35.1 Å². The van der Waals surface area contributed by atoms with Crippen molar-refractivity contribution in [3.8, 4) is 0 Å². The smallest absolute Gasteiger partial charge is 0.260 e. The van der Waals surface area contributed by atoms with Gasteiger partial charge >= 0.3 is 0 Å². The largest absolute Gasteiger partial charge is 0.308 e. The van der Waals surface area contributed by atoms with Gasteiger partial charge in [-0.25, -0.2) is 15.8 Å². The van der Waals surface area contributed by atoms with Crippen LogP contribution in [-0.4, -0.2) is 15.9 Å². The van der Waals surface area contributed by atoms with E-state index in [4.69, 9.17) is 17.4 Å². The lowest BCUT2D eigenvalue weighted by atomic mass is 10.2. The fraction of sp³-hybridized carbons (Fsp3) is 0. The van der Waals surface area contributed by atoms with Crippen LogP contribution in [0.3, 0.4) is 0 Å². The minimum absolute atomic E-state index is 0.273. The van der Waals surface area contributed by atoms with Crippen molar-refractivity contribution in [1.29, 1.82) is 0 Å². The van der Waals surface area contributed by atoms with E-state index in [-0.39, 0.29) is 11.7 Å². The van der Waals surface area contributed by atoms with Crippen molar-refractivity contribution in [2.24, 2.45) is 5.84 Å². The van der Waals surface area contributed by atoms with Crippen molar-refractivity contribution in [2.45, 2.75) is 0 Å². The van der Waals surface area contributed by atoms with Crippen molar-refractivity contribution in [1.82, 2.24) is 9.97 Å². The Balaban J connectivity index is 2.24. The van der Waals surface area contributed by atoms with Crippen LogP contribution in [0.5, 0.6) is 0 Å². The second-order valence-corrected chi connectivity index (χ2v) is 4.86. The lowest BCUT2D eigenvalue weighted by Gasteiger charge is -2.08. The van der Waals surface area contributed by atoms with E-state index >= 15 is 0 Å². The minimum atomic E-state index is -0.378. The molecule has 0 atom stereocenters. The number of nitrogens with one attached hydrogen (secondary N) is 2. The molecule has 98 valence electrons. The normalized spacial score (nSPS) is 10.1. The van der Waals surface area contributed by atoms with Crippen LogP contribution in [0.1, 0.15) is 10.4 Å². The first-order valence-corrected chi connectivity index (χ1v) is 6.32. The number of hydrazine groups is 1. The molecule has 2 rings (SSSR count). The fourth-order valence-corrected chi connectivity index (χ4v) is 1.80. The molecule has 2 aromatic heterocycles. The van der Waals surface area contributed by atoms with Crippen LogP contribution in [-0.2, 0) is 0 Å². The highest BCUT2D eigenvalue weighted by atomic mass is 79.9.